The molecule has 0 atom stereocenters. The number of nitrogens with two attached hydrogens (primary N) is 1. The van der Waals surface area contributed by atoms with Gasteiger partial charge in [0.2, 0.25) is 10.0 Å². The summed E-state index contributed by atoms with van der Waals surface area (Å²) < 4.78 is 32.7. The molecule has 0 saturated heterocycles. The largest absolute Gasteiger partial charge is 0.497 e. The zero-order chi connectivity index (χ0) is 23.8. The number of aryl methyl sites for hydroxylation is 1. The van der Waals surface area contributed by atoms with E-state index >= 15 is 0 Å². The smallest absolute Gasteiger partial charge is 0.256 e. The van der Waals surface area contributed by atoms with E-state index in [1.165, 1.54) is 22.8 Å². The Morgan fingerprint density at radius 3 is 2.36 bits per heavy atom. The van der Waals surface area contributed by atoms with Gasteiger partial charge < -0.3 is 15.8 Å². The Morgan fingerprint density at radius 1 is 1.09 bits per heavy atom. The van der Waals surface area contributed by atoms with Gasteiger partial charge in [-0.05, 0) is 55.3 Å². The number of anilines is 1. The van der Waals surface area contributed by atoms with Crippen LogP contribution in [0.2, 0.25) is 0 Å². The van der Waals surface area contributed by atoms with E-state index in [0.717, 1.165) is 5.56 Å². The van der Waals surface area contributed by atoms with Crippen LogP contribution in [0.25, 0.3) is 0 Å². The van der Waals surface area contributed by atoms with Crippen LogP contribution in [0.15, 0.2) is 53.4 Å². The molecule has 0 aliphatic carbocycles. The molecule has 3 aromatic rings. The minimum atomic E-state index is -3.69. The van der Waals surface area contributed by atoms with Gasteiger partial charge in [0, 0.05) is 23.5 Å². The number of carbonyl (C=O) groups excluding carboxylic acids is 2. The van der Waals surface area contributed by atoms with Crippen LogP contribution in [0, 0.1) is 6.92 Å². The highest BCUT2D eigenvalue weighted by Crippen LogP contribution is 2.38. The average molecular weight is 486 g/mol. The van der Waals surface area contributed by atoms with Gasteiger partial charge in [-0.3, -0.25) is 9.59 Å². The highest BCUT2D eigenvalue weighted by atomic mass is 32.2. The molecule has 0 unspecified atom stereocenters. The second-order valence-corrected chi connectivity index (χ2v) is 10.7. The van der Waals surface area contributed by atoms with Gasteiger partial charge in [-0.1, -0.05) is 17.7 Å². The fourth-order valence-corrected chi connectivity index (χ4v) is 6.47. The molecular weight excluding hydrogens is 462 g/mol. The van der Waals surface area contributed by atoms with Crippen molar-refractivity contribution in [3.8, 4) is 5.75 Å². The number of sulfonamides is 1. The van der Waals surface area contributed by atoms with Crippen LogP contribution in [-0.4, -0.2) is 38.2 Å². The predicted molar refractivity (Wildman–Crippen MR) is 126 cm³/mol. The molecule has 0 bridgehead atoms. The van der Waals surface area contributed by atoms with Crippen molar-refractivity contribution in [1.29, 1.82) is 0 Å². The number of thiophene rings is 1. The quantitative estimate of drug-likeness (QED) is 0.556. The topological polar surface area (TPSA) is 119 Å². The third-order valence-corrected chi connectivity index (χ3v) is 8.50. The summed E-state index contributed by atoms with van der Waals surface area (Å²) in [6, 6.07) is 13.2. The van der Waals surface area contributed by atoms with Crippen molar-refractivity contribution in [3.63, 3.8) is 0 Å². The Kier molecular flexibility index (Phi) is 6.24. The maximum absolute atomic E-state index is 13.1. The van der Waals surface area contributed by atoms with Gasteiger partial charge in [-0.15, -0.1) is 11.3 Å². The van der Waals surface area contributed by atoms with Crippen LogP contribution in [-0.2, 0) is 23.0 Å². The molecule has 8 nitrogen and oxygen atoms in total. The van der Waals surface area contributed by atoms with Gasteiger partial charge in [0.15, 0.2) is 0 Å². The normalized spacial score (nSPS) is 13.9. The van der Waals surface area contributed by atoms with Crippen molar-refractivity contribution >= 4 is 38.2 Å². The number of hydrogen-bond donors (Lipinski definition) is 2. The van der Waals surface area contributed by atoms with Crippen molar-refractivity contribution in [2.75, 3.05) is 19.0 Å². The summed E-state index contributed by atoms with van der Waals surface area (Å²) in [5, 5.41) is 3.09. The van der Waals surface area contributed by atoms with Crippen molar-refractivity contribution < 1.29 is 22.7 Å². The Bertz CT molecular complexity index is 1310. The predicted octanol–water partition coefficient (Wildman–Crippen LogP) is 3.16. The number of nitrogens with zero attached hydrogens (tertiary/aromatic N) is 1. The molecule has 0 saturated carbocycles. The monoisotopic (exact) mass is 485 g/mol. The van der Waals surface area contributed by atoms with E-state index in [0.29, 0.717) is 33.2 Å². The maximum atomic E-state index is 13.1. The minimum Gasteiger partial charge on any atom is -0.497 e. The van der Waals surface area contributed by atoms with E-state index in [1.807, 2.05) is 6.92 Å². The van der Waals surface area contributed by atoms with Crippen LogP contribution < -0.4 is 15.8 Å². The van der Waals surface area contributed by atoms with Crippen LogP contribution in [0.3, 0.4) is 0 Å². The number of fused-ring (bicyclic) bond motifs is 1. The second-order valence-electron chi connectivity index (χ2n) is 7.66. The summed E-state index contributed by atoms with van der Waals surface area (Å²) in [5.41, 5.74) is 7.92. The van der Waals surface area contributed by atoms with E-state index in [9.17, 15) is 18.0 Å². The number of nitrogens with one attached hydrogen (secondary N) is 1. The SMILES string of the molecule is COc1ccc(C(=O)Nc2sc3c(c2C(N)=O)CCN(S(=O)(=O)c2ccc(C)cc2)C3)cc1. The average Bonchev–Trinajstić information content (AvgIpc) is 3.16. The van der Waals surface area contributed by atoms with E-state index in [4.69, 9.17) is 10.5 Å². The van der Waals surface area contributed by atoms with Crippen LogP contribution in [0.5, 0.6) is 5.75 Å². The summed E-state index contributed by atoms with van der Waals surface area (Å²) in [5.74, 6) is -0.443. The molecule has 2 heterocycles. The number of carbonyl (C=O) groups is 2. The molecule has 33 heavy (non-hydrogen) atoms. The summed E-state index contributed by atoms with van der Waals surface area (Å²) in [6.45, 7) is 2.21. The number of primary amides is 1. The lowest BCUT2D eigenvalue weighted by Crippen LogP contribution is -2.35. The van der Waals surface area contributed by atoms with E-state index in [-0.39, 0.29) is 23.5 Å². The van der Waals surface area contributed by atoms with Crippen molar-refractivity contribution in [3.05, 3.63) is 75.7 Å². The van der Waals surface area contributed by atoms with Gasteiger partial charge in [0.25, 0.3) is 11.8 Å². The first-order valence-electron chi connectivity index (χ1n) is 10.2. The molecule has 0 radical (unpaired) electrons. The summed E-state index contributed by atoms with van der Waals surface area (Å²) in [6.07, 6.45) is 0.327. The zero-order valence-electron chi connectivity index (χ0n) is 18.1. The van der Waals surface area contributed by atoms with Gasteiger partial charge in [0.05, 0.1) is 17.6 Å². The lowest BCUT2D eigenvalue weighted by molar-refractivity contribution is 0.1000. The fourth-order valence-electron chi connectivity index (χ4n) is 3.71. The molecule has 0 spiro atoms. The Morgan fingerprint density at radius 2 is 1.76 bits per heavy atom. The molecular formula is C23H23N3O5S2. The Balaban J connectivity index is 1.61. The number of rotatable bonds is 6. The maximum Gasteiger partial charge on any atom is 0.256 e. The van der Waals surface area contributed by atoms with E-state index in [2.05, 4.69) is 5.32 Å². The van der Waals surface area contributed by atoms with E-state index < -0.39 is 21.8 Å². The lowest BCUT2D eigenvalue weighted by Gasteiger charge is -2.26. The number of amides is 2. The zero-order valence-corrected chi connectivity index (χ0v) is 19.8. The fraction of sp³-hybridized carbons (Fsp3) is 0.217. The number of ether oxygens (including phenoxy) is 1. The molecule has 0 fully saturated rings. The van der Waals surface area contributed by atoms with E-state index in [1.54, 1.807) is 48.5 Å². The molecule has 172 valence electrons. The van der Waals surface area contributed by atoms with Crippen LogP contribution in [0.4, 0.5) is 5.00 Å². The highest BCUT2D eigenvalue weighted by molar-refractivity contribution is 7.89. The molecule has 4 rings (SSSR count). The van der Waals surface area contributed by atoms with Crippen LogP contribution >= 0.6 is 11.3 Å². The summed E-state index contributed by atoms with van der Waals surface area (Å²) in [4.78, 5) is 25.9. The Hall–Kier alpha value is -3.21. The number of benzene rings is 2. The van der Waals surface area contributed by atoms with Crippen LogP contribution in [0.1, 0.15) is 36.7 Å². The van der Waals surface area contributed by atoms with Gasteiger partial charge >= 0.3 is 0 Å². The molecule has 2 amide bonds. The molecule has 10 heteroatoms. The number of hydrogen-bond acceptors (Lipinski definition) is 6. The number of methoxy groups -OCH3 is 1. The minimum absolute atomic E-state index is 0.106. The molecule has 1 aliphatic rings. The third-order valence-electron chi connectivity index (χ3n) is 5.51. The molecule has 3 N–H and O–H groups in total. The first-order chi connectivity index (χ1) is 15.7. The highest BCUT2D eigenvalue weighted by Gasteiger charge is 2.33. The van der Waals surface area contributed by atoms with Crippen molar-refractivity contribution in [1.82, 2.24) is 4.31 Å². The Labute approximate surface area is 196 Å². The van der Waals surface area contributed by atoms with Crippen molar-refractivity contribution in [2.24, 2.45) is 5.73 Å². The molecule has 1 aromatic heterocycles. The third kappa shape index (κ3) is 4.50. The van der Waals surface area contributed by atoms with Gasteiger partial charge in [0.1, 0.15) is 10.8 Å². The second kappa shape index (κ2) is 8.97. The molecule has 2 aromatic carbocycles. The van der Waals surface area contributed by atoms with Gasteiger partial charge in [-0.25, -0.2) is 8.42 Å². The summed E-state index contributed by atoms with van der Waals surface area (Å²) >= 11 is 1.17. The lowest BCUT2D eigenvalue weighted by atomic mass is 10.0. The molecule has 1 aliphatic heterocycles. The van der Waals surface area contributed by atoms with Gasteiger partial charge in [-0.2, -0.15) is 4.31 Å². The van der Waals surface area contributed by atoms with Crippen molar-refractivity contribution in [2.45, 2.75) is 24.8 Å². The first kappa shape index (κ1) is 23.0. The summed E-state index contributed by atoms with van der Waals surface area (Å²) in [7, 11) is -2.16. The first-order valence-corrected chi connectivity index (χ1v) is 12.4. The standard InChI is InChI=1S/C23H23N3O5S2/c1-14-3-9-17(10-4-14)33(29,30)26-12-11-18-19(13-26)32-23(20(18)21(24)27)25-22(28)15-5-7-16(31-2)8-6-15/h3-10H,11-13H2,1-2H3,(H2,24,27)(H,25,28).